The molecule has 0 aromatic rings. The summed E-state index contributed by atoms with van der Waals surface area (Å²) in [5.41, 5.74) is 0. The van der Waals surface area contributed by atoms with Crippen LogP contribution in [0.25, 0.3) is 0 Å². The van der Waals surface area contributed by atoms with Gasteiger partial charge in [-0.3, -0.25) is 0 Å². The van der Waals surface area contributed by atoms with Gasteiger partial charge in [-0.25, -0.2) is 14.5 Å². The summed E-state index contributed by atoms with van der Waals surface area (Å²) in [6, 6.07) is -0.382. The summed E-state index contributed by atoms with van der Waals surface area (Å²) in [6.45, 7) is 0. The van der Waals surface area contributed by atoms with Crippen molar-refractivity contribution in [2.75, 3.05) is 0 Å². The number of carbonyl (C=O) groups excluding carboxylic acids is 1. The molecule has 0 atom stereocenters. The molecular weight excluding hydrogens is 244 g/mol. The fourth-order valence-electron chi connectivity index (χ4n) is 3.24. The van der Waals surface area contributed by atoms with E-state index in [0.29, 0.717) is 0 Å². The van der Waals surface area contributed by atoms with Crippen molar-refractivity contribution in [1.82, 2.24) is 10.2 Å². The zero-order valence-electron chi connectivity index (χ0n) is 11.4. The number of carboxylic acid groups (broad SMARTS) is 1. The molecule has 0 spiro atoms. The van der Waals surface area contributed by atoms with Crippen molar-refractivity contribution in [3.8, 4) is 0 Å². The number of amides is 3. The first-order valence-corrected chi connectivity index (χ1v) is 7.51. The third kappa shape index (κ3) is 3.85. The molecule has 0 aromatic carbocycles. The molecule has 0 bridgehead atoms. The molecule has 5 nitrogen and oxygen atoms in total. The van der Waals surface area contributed by atoms with Crippen LogP contribution in [0.2, 0.25) is 0 Å². The van der Waals surface area contributed by atoms with Gasteiger partial charge in [0.25, 0.3) is 0 Å². The quantitative estimate of drug-likeness (QED) is 0.807. The minimum Gasteiger partial charge on any atom is -0.465 e. The number of carbonyl (C=O) groups is 2. The Kier molecular flexibility index (Phi) is 5.05. The van der Waals surface area contributed by atoms with E-state index in [2.05, 4.69) is 5.32 Å². The predicted octanol–water partition coefficient (Wildman–Crippen LogP) is 3.34. The monoisotopic (exact) mass is 268 g/mol. The van der Waals surface area contributed by atoms with Gasteiger partial charge < -0.3 is 10.4 Å². The van der Waals surface area contributed by atoms with Crippen molar-refractivity contribution in [2.45, 2.75) is 76.3 Å². The Labute approximate surface area is 114 Å². The molecule has 0 heterocycles. The number of imide groups is 1. The van der Waals surface area contributed by atoms with Crippen molar-refractivity contribution in [1.29, 1.82) is 0 Å². The summed E-state index contributed by atoms with van der Waals surface area (Å²) in [5.74, 6) is 0. The number of nitrogens with zero attached hydrogens (tertiary/aromatic N) is 1. The molecule has 2 saturated carbocycles. The average molecular weight is 268 g/mol. The first kappa shape index (κ1) is 14.2. The van der Waals surface area contributed by atoms with E-state index in [4.69, 9.17) is 0 Å². The maximum absolute atomic E-state index is 12.2. The first-order valence-electron chi connectivity index (χ1n) is 7.51. The van der Waals surface area contributed by atoms with Crippen molar-refractivity contribution in [2.24, 2.45) is 0 Å². The van der Waals surface area contributed by atoms with Gasteiger partial charge >= 0.3 is 12.1 Å². The molecule has 0 radical (unpaired) electrons. The van der Waals surface area contributed by atoms with E-state index in [9.17, 15) is 14.7 Å². The van der Waals surface area contributed by atoms with Gasteiger partial charge in [0.15, 0.2) is 0 Å². The van der Waals surface area contributed by atoms with Gasteiger partial charge in [0.2, 0.25) is 0 Å². The van der Waals surface area contributed by atoms with E-state index < -0.39 is 12.1 Å². The minimum absolute atomic E-state index is 0.130. The molecule has 0 aliphatic heterocycles. The number of hydrogen-bond donors (Lipinski definition) is 2. The van der Waals surface area contributed by atoms with Crippen LogP contribution in [0.3, 0.4) is 0 Å². The second-order valence-electron chi connectivity index (χ2n) is 5.73. The Morgan fingerprint density at radius 2 is 1.42 bits per heavy atom. The molecule has 108 valence electrons. The Hall–Kier alpha value is -1.26. The predicted molar refractivity (Wildman–Crippen MR) is 72.1 cm³/mol. The third-order valence-corrected chi connectivity index (χ3v) is 4.30. The van der Waals surface area contributed by atoms with E-state index in [0.717, 1.165) is 62.7 Å². The van der Waals surface area contributed by atoms with Crippen LogP contribution in [0.4, 0.5) is 9.59 Å². The van der Waals surface area contributed by atoms with Crippen LogP contribution in [-0.2, 0) is 0 Å². The molecule has 0 saturated heterocycles. The SMILES string of the molecule is O=C(O)N(C(=O)NC1CCCCC1)C1CCCCC1. The second kappa shape index (κ2) is 6.78. The molecule has 0 aromatic heterocycles. The van der Waals surface area contributed by atoms with Gasteiger partial charge in [0, 0.05) is 12.1 Å². The highest BCUT2D eigenvalue weighted by Gasteiger charge is 2.31. The fourth-order valence-corrected chi connectivity index (χ4v) is 3.24. The van der Waals surface area contributed by atoms with Crippen LogP contribution >= 0.6 is 0 Å². The van der Waals surface area contributed by atoms with E-state index in [-0.39, 0.29) is 12.1 Å². The lowest BCUT2D eigenvalue weighted by Gasteiger charge is -2.32. The summed E-state index contributed by atoms with van der Waals surface area (Å²) in [4.78, 5) is 24.6. The minimum atomic E-state index is -1.11. The number of hydrogen-bond acceptors (Lipinski definition) is 2. The van der Waals surface area contributed by atoms with Crippen LogP contribution in [-0.4, -0.2) is 34.2 Å². The van der Waals surface area contributed by atoms with Crippen LogP contribution in [0.15, 0.2) is 0 Å². The van der Waals surface area contributed by atoms with Crippen LogP contribution in [0, 0.1) is 0 Å². The Bertz CT molecular complexity index is 321. The second-order valence-corrected chi connectivity index (χ2v) is 5.73. The molecule has 2 rings (SSSR count). The molecule has 2 aliphatic rings. The molecule has 5 heteroatoms. The smallest absolute Gasteiger partial charge is 0.415 e. The topological polar surface area (TPSA) is 69.6 Å². The Morgan fingerprint density at radius 1 is 0.895 bits per heavy atom. The van der Waals surface area contributed by atoms with Crippen molar-refractivity contribution in [3.05, 3.63) is 0 Å². The van der Waals surface area contributed by atoms with Crippen LogP contribution in [0.1, 0.15) is 64.2 Å². The molecule has 3 amide bonds. The van der Waals surface area contributed by atoms with Gasteiger partial charge in [-0.2, -0.15) is 0 Å². The average Bonchev–Trinajstić information content (AvgIpc) is 2.40. The highest BCUT2D eigenvalue weighted by Crippen LogP contribution is 2.23. The highest BCUT2D eigenvalue weighted by atomic mass is 16.4. The standard InChI is InChI=1S/C14H24N2O3/c17-13(15-11-7-3-1-4-8-11)16(14(18)19)12-9-5-2-6-10-12/h11-12H,1-10H2,(H,15,17)(H,18,19). The molecule has 2 aliphatic carbocycles. The third-order valence-electron chi connectivity index (χ3n) is 4.30. The lowest BCUT2D eigenvalue weighted by molar-refractivity contribution is 0.119. The van der Waals surface area contributed by atoms with E-state index in [1.807, 2.05) is 0 Å². The zero-order valence-corrected chi connectivity index (χ0v) is 11.4. The zero-order chi connectivity index (χ0) is 13.7. The van der Waals surface area contributed by atoms with Gasteiger partial charge in [0.05, 0.1) is 0 Å². The summed E-state index contributed by atoms with van der Waals surface area (Å²) >= 11 is 0. The molecule has 19 heavy (non-hydrogen) atoms. The van der Waals surface area contributed by atoms with Gasteiger partial charge in [-0.05, 0) is 25.7 Å². The number of rotatable bonds is 2. The van der Waals surface area contributed by atoms with Gasteiger partial charge in [-0.1, -0.05) is 38.5 Å². The van der Waals surface area contributed by atoms with Crippen molar-refractivity contribution < 1.29 is 14.7 Å². The van der Waals surface area contributed by atoms with Crippen molar-refractivity contribution in [3.63, 3.8) is 0 Å². The van der Waals surface area contributed by atoms with Crippen LogP contribution in [0.5, 0.6) is 0 Å². The highest BCUT2D eigenvalue weighted by molar-refractivity contribution is 5.90. The Balaban J connectivity index is 1.93. The summed E-state index contributed by atoms with van der Waals surface area (Å²) in [5, 5.41) is 12.2. The lowest BCUT2D eigenvalue weighted by atomic mass is 9.94. The van der Waals surface area contributed by atoms with E-state index >= 15 is 0 Å². The van der Waals surface area contributed by atoms with Gasteiger partial charge in [0.1, 0.15) is 0 Å². The molecule has 0 unspecified atom stereocenters. The summed E-state index contributed by atoms with van der Waals surface area (Å²) < 4.78 is 0. The summed E-state index contributed by atoms with van der Waals surface area (Å²) in [7, 11) is 0. The number of urea groups is 1. The van der Waals surface area contributed by atoms with E-state index in [1.165, 1.54) is 6.42 Å². The van der Waals surface area contributed by atoms with Crippen molar-refractivity contribution >= 4 is 12.1 Å². The normalized spacial score (nSPS) is 21.9. The molecule has 2 N–H and O–H groups in total. The fraction of sp³-hybridized carbons (Fsp3) is 0.857. The largest absolute Gasteiger partial charge is 0.465 e. The maximum atomic E-state index is 12.2. The summed E-state index contributed by atoms with van der Waals surface area (Å²) in [6.07, 6.45) is 9.12. The first-order chi connectivity index (χ1) is 9.18. The molecule has 2 fully saturated rings. The maximum Gasteiger partial charge on any atom is 0.415 e. The Morgan fingerprint density at radius 3 is 1.95 bits per heavy atom. The molecular formula is C14H24N2O3. The van der Waals surface area contributed by atoms with Crippen LogP contribution < -0.4 is 5.32 Å². The lowest BCUT2D eigenvalue weighted by Crippen LogP contribution is -2.52. The number of nitrogens with one attached hydrogen (secondary N) is 1. The van der Waals surface area contributed by atoms with Gasteiger partial charge in [-0.15, -0.1) is 0 Å². The van der Waals surface area contributed by atoms with E-state index in [1.54, 1.807) is 0 Å².